The molecule has 0 aromatic rings. The van der Waals surface area contributed by atoms with Crippen molar-refractivity contribution in [3.63, 3.8) is 0 Å². The summed E-state index contributed by atoms with van der Waals surface area (Å²) in [5, 5.41) is 0. The predicted molar refractivity (Wildman–Crippen MR) is 118 cm³/mol. The number of unbranched alkanes of at least 4 members (excludes halogenated alkanes) is 13. The van der Waals surface area contributed by atoms with E-state index >= 15 is 0 Å². The maximum Gasteiger partial charge on any atom is 0.192 e. The predicted octanol–water partition coefficient (Wildman–Crippen LogP) is 9.28. The molecule has 5 heteroatoms. The molecule has 0 N–H and O–H groups in total. The van der Waals surface area contributed by atoms with Crippen molar-refractivity contribution in [3.05, 3.63) is 0 Å². The number of rotatable bonds is 17. The number of halogens is 2. The van der Waals surface area contributed by atoms with Gasteiger partial charge in [0.25, 0.3) is 0 Å². The van der Waals surface area contributed by atoms with Gasteiger partial charge in [-0.15, -0.1) is 0 Å². The fraction of sp³-hybridized carbons (Fsp3) is 1.00. The third-order valence-corrected chi connectivity index (χ3v) is 6.13. The SMILES string of the molecule is CCCCCCCCCCCCCCCCC(C)OP(=S)(Br)Br. The van der Waals surface area contributed by atoms with E-state index in [1.54, 1.807) is 0 Å². The van der Waals surface area contributed by atoms with Gasteiger partial charge in [0.1, 0.15) is 0 Å². The Bertz CT molecular complexity index is 297. The van der Waals surface area contributed by atoms with Crippen molar-refractivity contribution in [1.82, 2.24) is 0 Å². The smallest absolute Gasteiger partial charge is 0.192 e. The molecule has 0 spiro atoms. The van der Waals surface area contributed by atoms with E-state index in [0.717, 1.165) is 6.42 Å². The van der Waals surface area contributed by atoms with Gasteiger partial charge in [-0.3, -0.25) is 0 Å². The standard InChI is InChI=1S/C18H37Br2OPS/c1-3-4-5-6-7-8-9-10-11-12-13-14-15-16-17-18(2)21-22(19,20)23/h18H,3-17H2,1-2H3. The van der Waals surface area contributed by atoms with E-state index in [-0.39, 0.29) is 6.10 Å². The molecule has 0 aromatic carbocycles. The van der Waals surface area contributed by atoms with Crippen molar-refractivity contribution in [2.24, 2.45) is 0 Å². The van der Waals surface area contributed by atoms with E-state index in [1.807, 2.05) is 0 Å². The molecule has 0 fully saturated rings. The van der Waals surface area contributed by atoms with Gasteiger partial charge in [-0.1, -0.05) is 96.8 Å². The van der Waals surface area contributed by atoms with Gasteiger partial charge in [0.15, 0.2) is 3.67 Å². The van der Waals surface area contributed by atoms with Crippen molar-refractivity contribution < 1.29 is 4.52 Å². The summed E-state index contributed by atoms with van der Waals surface area (Å²) in [4.78, 5) is 0. The van der Waals surface area contributed by atoms with Crippen LogP contribution in [0.25, 0.3) is 0 Å². The van der Waals surface area contributed by atoms with Crippen molar-refractivity contribution >= 4 is 46.5 Å². The maximum absolute atomic E-state index is 5.71. The molecule has 0 amide bonds. The molecule has 0 bridgehead atoms. The Morgan fingerprint density at radius 2 is 1.09 bits per heavy atom. The Labute approximate surface area is 166 Å². The molecule has 23 heavy (non-hydrogen) atoms. The van der Waals surface area contributed by atoms with Crippen LogP contribution < -0.4 is 0 Å². The molecule has 0 saturated heterocycles. The average Bonchev–Trinajstić information content (AvgIpc) is 2.46. The molecule has 0 aliphatic carbocycles. The summed E-state index contributed by atoms with van der Waals surface area (Å²) in [6.07, 6.45) is 21.1. The van der Waals surface area contributed by atoms with Crippen LogP contribution in [0.1, 0.15) is 110 Å². The van der Waals surface area contributed by atoms with Gasteiger partial charge in [-0.25, -0.2) is 0 Å². The van der Waals surface area contributed by atoms with Crippen LogP contribution in [0.15, 0.2) is 0 Å². The zero-order valence-electron chi connectivity index (χ0n) is 15.2. The maximum atomic E-state index is 5.71. The highest BCUT2D eigenvalue weighted by Crippen LogP contribution is 2.63. The summed E-state index contributed by atoms with van der Waals surface area (Å²) >= 11 is 12.0. The van der Waals surface area contributed by atoms with E-state index in [1.165, 1.54) is 89.9 Å². The molecule has 0 radical (unpaired) electrons. The minimum absolute atomic E-state index is 0.261. The molecule has 1 nitrogen and oxygen atoms in total. The highest BCUT2D eigenvalue weighted by Gasteiger charge is 2.12. The molecule has 0 aliphatic rings. The molecule has 140 valence electrons. The second-order valence-corrected chi connectivity index (χ2v) is 21.0. The zero-order valence-corrected chi connectivity index (χ0v) is 20.1. The lowest BCUT2D eigenvalue weighted by atomic mass is 10.0. The Balaban J connectivity index is 3.15. The summed E-state index contributed by atoms with van der Waals surface area (Å²) in [6.45, 7) is 4.40. The van der Waals surface area contributed by atoms with Crippen LogP contribution in [0.4, 0.5) is 0 Å². The summed E-state index contributed by atoms with van der Waals surface area (Å²) < 4.78 is 3.86. The van der Waals surface area contributed by atoms with Gasteiger partial charge in [-0.05, 0) is 56.1 Å². The van der Waals surface area contributed by atoms with Crippen molar-refractivity contribution in [2.75, 3.05) is 0 Å². The van der Waals surface area contributed by atoms with Crippen molar-refractivity contribution in [2.45, 2.75) is 116 Å². The molecular weight excluding hydrogens is 455 g/mol. The van der Waals surface area contributed by atoms with Crippen molar-refractivity contribution in [1.29, 1.82) is 0 Å². The number of hydrogen-bond acceptors (Lipinski definition) is 2. The lowest BCUT2D eigenvalue weighted by Crippen LogP contribution is -2.02. The molecule has 0 saturated carbocycles. The third-order valence-electron chi connectivity index (χ3n) is 4.27. The van der Waals surface area contributed by atoms with E-state index in [9.17, 15) is 0 Å². The number of hydrogen-bond donors (Lipinski definition) is 0. The van der Waals surface area contributed by atoms with Crippen LogP contribution >= 0.6 is 34.6 Å². The molecule has 1 atom stereocenters. The summed E-state index contributed by atoms with van der Waals surface area (Å²) in [5.74, 6) is 0. The Kier molecular flexibility index (Phi) is 18.2. The van der Waals surface area contributed by atoms with Gasteiger partial charge < -0.3 is 4.52 Å². The topological polar surface area (TPSA) is 9.23 Å². The highest BCUT2D eigenvalue weighted by molar-refractivity contribution is 9.73. The molecule has 0 aliphatic heterocycles. The van der Waals surface area contributed by atoms with E-state index in [2.05, 4.69) is 44.8 Å². The van der Waals surface area contributed by atoms with Crippen LogP contribution in [-0.4, -0.2) is 6.10 Å². The highest BCUT2D eigenvalue weighted by atomic mass is 79.9. The van der Waals surface area contributed by atoms with Gasteiger partial charge in [0.2, 0.25) is 0 Å². The minimum atomic E-state index is -1.85. The summed E-state index contributed by atoms with van der Waals surface area (Å²) in [5.41, 5.74) is 0. The largest absolute Gasteiger partial charge is 0.330 e. The summed E-state index contributed by atoms with van der Waals surface area (Å²) in [6, 6.07) is 0. The van der Waals surface area contributed by atoms with Crippen LogP contribution in [-0.2, 0) is 16.3 Å². The molecule has 1 unspecified atom stereocenters. The average molecular weight is 492 g/mol. The Hall–Kier alpha value is 1.57. The van der Waals surface area contributed by atoms with Crippen LogP contribution in [0.2, 0.25) is 0 Å². The normalized spacial score (nSPS) is 13.4. The first-order valence-corrected chi connectivity index (χ1v) is 16.4. The van der Waals surface area contributed by atoms with E-state index in [0.29, 0.717) is 0 Å². The third kappa shape index (κ3) is 21.5. The second kappa shape index (κ2) is 17.0. The van der Waals surface area contributed by atoms with Crippen LogP contribution in [0.3, 0.4) is 0 Å². The van der Waals surface area contributed by atoms with E-state index < -0.39 is 3.67 Å². The van der Waals surface area contributed by atoms with Gasteiger partial charge in [-0.2, -0.15) is 0 Å². The van der Waals surface area contributed by atoms with Gasteiger partial charge in [0, 0.05) is 0 Å². The second-order valence-electron chi connectivity index (χ2n) is 6.72. The molecule has 0 heterocycles. The first-order chi connectivity index (χ1) is 11.0. The first kappa shape index (κ1) is 24.6. The zero-order chi connectivity index (χ0) is 17.4. The van der Waals surface area contributed by atoms with Gasteiger partial charge in [0.05, 0.1) is 6.10 Å². The minimum Gasteiger partial charge on any atom is -0.330 e. The Morgan fingerprint density at radius 3 is 1.43 bits per heavy atom. The Morgan fingerprint density at radius 1 is 0.739 bits per heavy atom. The monoisotopic (exact) mass is 490 g/mol. The van der Waals surface area contributed by atoms with Gasteiger partial charge >= 0.3 is 0 Å². The van der Waals surface area contributed by atoms with Crippen LogP contribution in [0.5, 0.6) is 0 Å². The lowest BCUT2D eigenvalue weighted by Gasteiger charge is -2.15. The fourth-order valence-electron chi connectivity index (χ4n) is 2.89. The van der Waals surface area contributed by atoms with Crippen LogP contribution in [0, 0.1) is 0 Å². The van der Waals surface area contributed by atoms with Crippen molar-refractivity contribution in [3.8, 4) is 0 Å². The fourth-order valence-corrected chi connectivity index (χ4v) is 5.57. The quantitative estimate of drug-likeness (QED) is 0.148. The van der Waals surface area contributed by atoms with E-state index in [4.69, 9.17) is 16.3 Å². The summed E-state index contributed by atoms with van der Waals surface area (Å²) in [7, 11) is 0. The molecule has 0 rings (SSSR count). The first-order valence-electron chi connectivity index (χ1n) is 9.63. The lowest BCUT2D eigenvalue weighted by molar-refractivity contribution is 0.239. The molecule has 0 aromatic heterocycles. The molecular formula is C18H37Br2OPS.